The standard InChI is InChI=1S/C40H55N5O8S/c1-8-26-21-40(26,37(48)44-54(50,51)28-14-15-28)43-34(46)31-20-27(52-35-30-12-10-9-11-25(30)17-18-41-35)22-45(31)36(47)33(39(5,6)7)42-38(49)53-32-19-24(4)13-16-29(32)23(2)3/h8-12,17-18,23-24,26-29,31-33H,1,13-16,19-22H2,2-7H3,(H,42,49)(H,43,46)(H,44,48)/t24-,26+,27-,29+,31-,32-,33-,40+/m1/s1. The fourth-order valence-corrected chi connectivity index (χ4v) is 9.46. The van der Waals surface area contributed by atoms with Crippen molar-refractivity contribution >= 4 is 44.6 Å². The maximum Gasteiger partial charge on any atom is 0.408 e. The summed E-state index contributed by atoms with van der Waals surface area (Å²) < 4.78 is 40.1. The monoisotopic (exact) mass is 765 g/mol. The topological polar surface area (TPSA) is 173 Å². The number of fused-ring (bicyclic) bond motifs is 1. The Labute approximate surface area is 318 Å². The first-order valence-electron chi connectivity index (χ1n) is 19.2. The van der Waals surface area contributed by atoms with Gasteiger partial charge in [-0.15, -0.1) is 6.58 Å². The van der Waals surface area contributed by atoms with Crippen molar-refractivity contribution in [2.45, 2.75) is 122 Å². The number of amides is 4. The number of benzene rings is 1. The molecule has 6 rings (SSSR count). The van der Waals surface area contributed by atoms with Crippen LogP contribution in [0.4, 0.5) is 4.79 Å². The molecule has 0 radical (unpaired) electrons. The van der Waals surface area contributed by atoms with Crippen LogP contribution < -0.4 is 20.1 Å². The molecule has 3 N–H and O–H groups in total. The second-order valence-electron chi connectivity index (χ2n) is 17.2. The van der Waals surface area contributed by atoms with Crippen LogP contribution in [-0.4, -0.2) is 83.7 Å². The fraction of sp³-hybridized carbons (Fsp3) is 0.625. The van der Waals surface area contributed by atoms with Crippen molar-refractivity contribution in [1.29, 1.82) is 0 Å². The molecule has 0 spiro atoms. The van der Waals surface area contributed by atoms with Crippen LogP contribution in [0.2, 0.25) is 0 Å². The van der Waals surface area contributed by atoms with E-state index < -0.39 is 74.1 Å². The first-order valence-corrected chi connectivity index (χ1v) is 20.8. The van der Waals surface area contributed by atoms with Crippen LogP contribution in [0.15, 0.2) is 49.2 Å². The van der Waals surface area contributed by atoms with Gasteiger partial charge in [0.1, 0.15) is 29.8 Å². The molecule has 1 aromatic heterocycles. The SMILES string of the molecule is C=C[C@H]1C[C@@]1(NC(=O)[C@H]1C[C@@H](Oc2nccc3ccccc23)CN1C(=O)[C@@H](NC(=O)O[C@@H]1C[C@H](C)CC[C@H]1C(C)C)C(C)(C)C)C(=O)NS(=O)(=O)C1CC1. The predicted molar refractivity (Wildman–Crippen MR) is 204 cm³/mol. The lowest BCUT2D eigenvalue weighted by molar-refractivity contribution is -0.143. The average Bonchev–Trinajstić information content (AvgIpc) is 4.03. The summed E-state index contributed by atoms with van der Waals surface area (Å²) in [6, 6.07) is 7.23. The third kappa shape index (κ3) is 8.38. The lowest BCUT2D eigenvalue weighted by atomic mass is 9.75. The summed E-state index contributed by atoms with van der Waals surface area (Å²) in [7, 11) is -3.89. The summed E-state index contributed by atoms with van der Waals surface area (Å²) in [6.45, 7) is 15.7. The summed E-state index contributed by atoms with van der Waals surface area (Å²) in [5, 5.41) is 6.71. The molecule has 14 heteroatoms. The molecule has 8 atom stereocenters. The van der Waals surface area contributed by atoms with E-state index >= 15 is 0 Å². The van der Waals surface area contributed by atoms with E-state index in [0.29, 0.717) is 30.6 Å². The van der Waals surface area contributed by atoms with Crippen LogP contribution in [0.5, 0.6) is 5.88 Å². The van der Waals surface area contributed by atoms with Crippen LogP contribution >= 0.6 is 0 Å². The van der Waals surface area contributed by atoms with Gasteiger partial charge in [0.05, 0.1) is 11.8 Å². The zero-order valence-corrected chi connectivity index (χ0v) is 33.0. The number of hydrogen-bond donors (Lipinski definition) is 3. The number of nitrogens with one attached hydrogen (secondary N) is 3. The number of carbonyl (C=O) groups excluding carboxylic acids is 4. The van der Waals surface area contributed by atoms with Gasteiger partial charge in [0.25, 0.3) is 5.91 Å². The van der Waals surface area contributed by atoms with Gasteiger partial charge in [-0.05, 0) is 72.8 Å². The Morgan fingerprint density at radius 3 is 2.43 bits per heavy atom. The third-order valence-corrected chi connectivity index (χ3v) is 13.4. The molecule has 54 heavy (non-hydrogen) atoms. The van der Waals surface area contributed by atoms with Gasteiger partial charge in [0.2, 0.25) is 27.7 Å². The molecule has 0 bridgehead atoms. The Morgan fingerprint density at radius 2 is 1.78 bits per heavy atom. The van der Waals surface area contributed by atoms with Crippen LogP contribution in [0.25, 0.3) is 10.8 Å². The summed E-state index contributed by atoms with van der Waals surface area (Å²) in [4.78, 5) is 62.0. The lowest BCUT2D eigenvalue weighted by Gasteiger charge is -2.38. The van der Waals surface area contributed by atoms with E-state index in [-0.39, 0.29) is 31.4 Å². The molecule has 4 fully saturated rings. The Morgan fingerprint density at radius 1 is 1.06 bits per heavy atom. The number of sulfonamides is 1. The van der Waals surface area contributed by atoms with Crippen LogP contribution in [0, 0.1) is 29.1 Å². The number of hydrogen-bond acceptors (Lipinski definition) is 9. The second-order valence-corrected chi connectivity index (χ2v) is 19.2. The molecular weight excluding hydrogens is 711 g/mol. The van der Waals surface area contributed by atoms with Crippen molar-refractivity contribution in [3.05, 3.63) is 49.2 Å². The van der Waals surface area contributed by atoms with Crippen molar-refractivity contribution in [3.63, 3.8) is 0 Å². The Balaban J connectivity index is 1.26. The Hall–Kier alpha value is -4.20. The number of aromatic nitrogens is 1. The summed E-state index contributed by atoms with van der Waals surface area (Å²) >= 11 is 0. The van der Waals surface area contributed by atoms with Gasteiger partial charge in [0, 0.05) is 23.9 Å². The van der Waals surface area contributed by atoms with Crippen molar-refractivity contribution < 1.29 is 37.1 Å². The molecular formula is C40H55N5O8S. The van der Waals surface area contributed by atoms with E-state index in [1.54, 1.807) is 6.20 Å². The van der Waals surface area contributed by atoms with E-state index in [4.69, 9.17) is 9.47 Å². The molecule has 2 aromatic rings. The highest BCUT2D eigenvalue weighted by atomic mass is 32.2. The van der Waals surface area contributed by atoms with Gasteiger partial charge in [-0.1, -0.05) is 72.2 Å². The van der Waals surface area contributed by atoms with E-state index in [9.17, 15) is 27.6 Å². The smallest absolute Gasteiger partial charge is 0.408 e. The number of alkyl carbamates (subject to hydrolysis) is 1. The number of nitrogens with zero attached hydrogens (tertiary/aromatic N) is 2. The van der Waals surface area contributed by atoms with Gasteiger partial charge in [0.15, 0.2) is 0 Å². The minimum Gasteiger partial charge on any atom is -0.472 e. The highest BCUT2D eigenvalue weighted by molar-refractivity contribution is 7.91. The lowest BCUT2D eigenvalue weighted by Crippen LogP contribution is -2.60. The first kappa shape index (κ1) is 39.5. The van der Waals surface area contributed by atoms with Crippen LogP contribution in [0.1, 0.15) is 86.5 Å². The molecule has 0 unspecified atom stereocenters. The van der Waals surface area contributed by atoms with E-state index in [1.165, 1.54) is 11.0 Å². The number of carbonyl (C=O) groups is 4. The maximum atomic E-state index is 14.7. The number of likely N-dealkylation sites (tertiary alicyclic amines) is 1. The minimum atomic E-state index is -3.89. The van der Waals surface area contributed by atoms with Crippen LogP contribution in [-0.2, 0) is 29.1 Å². The number of ether oxygens (including phenoxy) is 2. The molecule has 294 valence electrons. The van der Waals surface area contributed by atoms with Gasteiger partial charge >= 0.3 is 6.09 Å². The highest BCUT2D eigenvalue weighted by Gasteiger charge is 2.62. The largest absolute Gasteiger partial charge is 0.472 e. The molecule has 2 heterocycles. The maximum absolute atomic E-state index is 14.7. The van der Waals surface area contributed by atoms with Crippen LogP contribution in [0.3, 0.4) is 0 Å². The van der Waals surface area contributed by atoms with E-state index in [0.717, 1.165) is 30.0 Å². The van der Waals surface area contributed by atoms with Crippen molar-refractivity contribution in [2.24, 2.45) is 29.1 Å². The highest BCUT2D eigenvalue weighted by Crippen LogP contribution is 2.46. The molecule has 13 nitrogen and oxygen atoms in total. The summed E-state index contributed by atoms with van der Waals surface area (Å²) in [5.41, 5.74) is -2.34. The van der Waals surface area contributed by atoms with E-state index in [2.05, 4.69) is 47.7 Å². The Kier molecular flexibility index (Phi) is 11.1. The molecule has 1 aromatic carbocycles. The molecule has 4 amide bonds. The van der Waals surface area contributed by atoms with Gasteiger partial charge < -0.3 is 25.0 Å². The van der Waals surface area contributed by atoms with Crippen molar-refractivity contribution in [2.75, 3.05) is 6.54 Å². The third-order valence-electron chi connectivity index (χ3n) is 11.6. The van der Waals surface area contributed by atoms with Gasteiger partial charge in [-0.25, -0.2) is 18.2 Å². The first-order chi connectivity index (χ1) is 25.4. The zero-order valence-electron chi connectivity index (χ0n) is 32.2. The number of pyridine rings is 1. The fourth-order valence-electron chi connectivity index (χ4n) is 8.09. The normalized spacial score (nSPS) is 28.9. The van der Waals surface area contributed by atoms with Gasteiger partial charge in [-0.2, -0.15) is 0 Å². The molecule has 3 aliphatic carbocycles. The molecule has 4 aliphatic rings. The van der Waals surface area contributed by atoms with E-state index in [1.807, 2.05) is 51.1 Å². The minimum absolute atomic E-state index is 0.0131. The molecule has 3 saturated carbocycles. The summed E-state index contributed by atoms with van der Waals surface area (Å²) in [5.74, 6) is -1.23. The van der Waals surface area contributed by atoms with Crippen molar-refractivity contribution in [1.82, 2.24) is 25.2 Å². The quantitative estimate of drug-likeness (QED) is 0.255. The van der Waals surface area contributed by atoms with Gasteiger partial charge in [-0.3, -0.25) is 19.1 Å². The average molecular weight is 766 g/mol. The zero-order chi connectivity index (χ0) is 39.2. The Bertz CT molecular complexity index is 1890. The van der Waals surface area contributed by atoms with Crippen molar-refractivity contribution in [3.8, 4) is 5.88 Å². The predicted octanol–water partition coefficient (Wildman–Crippen LogP) is 4.85. The molecule has 1 saturated heterocycles. The second kappa shape index (κ2) is 15.1. The molecule has 1 aliphatic heterocycles. The summed E-state index contributed by atoms with van der Waals surface area (Å²) in [6.07, 6.45) is 5.38. The number of rotatable bonds is 12.